The fraction of sp³-hybridized carbons (Fsp3) is 0.923. The molecule has 3 atom stereocenters. The van der Waals surface area contributed by atoms with E-state index in [2.05, 4.69) is 10.2 Å². The predicted molar refractivity (Wildman–Crippen MR) is 60.9 cm³/mol. The molecule has 4 fully saturated rings. The zero-order chi connectivity index (χ0) is 10.8. The van der Waals surface area contributed by atoms with E-state index >= 15 is 0 Å². The van der Waals surface area contributed by atoms with Crippen LogP contribution >= 0.6 is 0 Å². The maximum Gasteiger partial charge on any atom is 0.226 e. The molecule has 1 unspecified atom stereocenters. The van der Waals surface area contributed by atoms with Crippen LogP contribution in [0, 0.1) is 17.3 Å². The highest BCUT2D eigenvalue weighted by atomic mass is 16.2. The minimum atomic E-state index is 0.416. The fourth-order valence-electron chi connectivity index (χ4n) is 4.11. The standard InChI is InChI=1S/C13H20N2O/c16-12(11-5-13(11)2-1-3-13)15-7-9-4-10(8-15)14-6-9/h9-11,14H,1-8H2/t9-,10-,11?/m0/s1. The second-order valence-electron chi connectivity index (χ2n) is 6.42. The predicted octanol–water partition coefficient (Wildman–Crippen LogP) is 0.997. The molecule has 3 heteroatoms. The summed E-state index contributed by atoms with van der Waals surface area (Å²) in [5.74, 6) is 1.63. The van der Waals surface area contributed by atoms with E-state index in [0.29, 0.717) is 23.3 Å². The third-order valence-corrected chi connectivity index (χ3v) is 5.38. The van der Waals surface area contributed by atoms with Crippen molar-refractivity contribution in [1.82, 2.24) is 10.2 Å². The minimum Gasteiger partial charge on any atom is -0.341 e. The molecule has 2 bridgehead atoms. The number of fused-ring (bicyclic) bond motifs is 2. The number of amides is 1. The van der Waals surface area contributed by atoms with Gasteiger partial charge in [-0.2, -0.15) is 0 Å². The topological polar surface area (TPSA) is 32.3 Å². The quantitative estimate of drug-likeness (QED) is 0.715. The van der Waals surface area contributed by atoms with Crippen molar-refractivity contribution in [1.29, 1.82) is 0 Å². The molecule has 0 aromatic rings. The van der Waals surface area contributed by atoms with Gasteiger partial charge in [-0.05, 0) is 37.0 Å². The van der Waals surface area contributed by atoms with Gasteiger partial charge < -0.3 is 10.2 Å². The molecule has 1 N–H and O–H groups in total. The van der Waals surface area contributed by atoms with Crippen LogP contribution in [0.5, 0.6) is 0 Å². The van der Waals surface area contributed by atoms with Crippen LogP contribution in [0.3, 0.4) is 0 Å². The van der Waals surface area contributed by atoms with Gasteiger partial charge in [-0.3, -0.25) is 4.79 Å². The number of carbonyl (C=O) groups excluding carboxylic acids is 1. The number of likely N-dealkylation sites (tertiary alicyclic amines) is 1. The normalized spacial score (nSPS) is 43.2. The summed E-state index contributed by atoms with van der Waals surface area (Å²) in [5, 5.41) is 3.52. The summed E-state index contributed by atoms with van der Waals surface area (Å²) in [6, 6.07) is 0.596. The molecule has 2 saturated carbocycles. The molecule has 2 aliphatic carbocycles. The van der Waals surface area contributed by atoms with Gasteiger partial charge in [-0.1, -0.05) is 6.42 Å². The second kappa shape index (κ2) is 3.00. The van der Waals surface area contributed by atoms with E-state index in [-0.39, 0.29) is 0 Å². The maximum absolute atomic E-state index is 12.4. The Bertz CT molecular complexity index is 325. The summed E-state index contributed by atoms with van der Waals surface area (Å²) in [6.45, 7) is 3.13. The Morgan fingerprint density at radius 2 is 2.19 bits per heavy atom. The van der Waals surface area contributed by atoms with Crippen molar-refractivity contribution < 1.29 is 4.79 Å². The summed E-state index contributed by atoms with van der Waals surface area (Å²) >= 11 is 0. The van der Waals surface area contributed by atoms with Gasteiger partial charge in [0, 0.05) is 31.6 Å². The summed E-state index contributed by atoms with van der Waals surface area (Å²) in [5.41, 5.74) is 0.501. The summed E-state index contributed by atoms with van der Waals surface area (Å²) in [6.07, 6.45) is 6.49. The fourth-order valence-corrected chi connectivity index (χ4v) is 4.11. The van der Waals surface area contributed by atoms with Gasteiger partial charge in [0.05, 0.1) is 0 Å². The van der Waals surface area contributed by atoms with Crippen molar-refractivity contribution in [3.63, 3.8) is 0 Å². The van der Waals surface area contributed by atoms with E-state index < -0.39 is 0 Å². The Balaban J connectivity index is 1.44. The van der Waals surface area contributed by atoms with Crippen LogP contribution in [0.15, 0.2) is 0 Å². The highest BCUT2D eigenvalue weighted by molar-refractivity contribution is 5.83. The largest absolute Gasteiger partial charge is 0.341 e. The molecule has 2 heterocycles. The van der Waals surface area contributed by atoms with Crippen molar-refractivity contribution in [2.24, 2.45) is 17.3 Å². The van der Waals surface area contributed by atoms with Crippen molar-refractivity contribution in [2.75, 3.05) is 19.6 Å². The lowest BCUT2D eigenvalue weighted by Gasteiger charge is -2.33. The van der Waals surface area contributed by atoms with Crippen LogP contribution < -0.4 is 5.32 Å². The summed E-state index contributed by atoms with van der Waals surface area (Å²) in [7, 11) is 0. The zero-order valence-electron chi connectivity index (χ0n) is 9.74. The average Bonchev–Trinajstić information content (AvgIpc) is 2.93. The smallest absolute Gasteiger partial charge is 0.226 e. The van der Waals surface area contributed by atoms with E-state index in [1.54, 1.807) is 0 Å². The molecule has 88 valence electrons. The van der Waals surface area contributed by atoms with E-state index in [9.17, 15) is 4.79 Å². The first-order chi connectivity index (χ1) is 7.77. The number of hydrogen-bond donors (Lipinski definition) is 1. The van der Waals surface area contributed by atoms with E-state index in [0.717, 1.165) is 25.6 Å². The second-order valence-corrected chi connectivity index (χ2v) is 6.42. The van der Waals surface area contributed by atoms with E-state index in [4.69, 9.17) is 0 Å². The number of hydrogen-bond acceptors (Lipinski definition) is 2. The molecule has 2 aliphatic heterocycles. The molecule has 0 radical (unpaired) electrons. The van der Waals surface area contributed by atoms with Gasteiger partial charge in [0.15, 0.2) is 0 Å². The Kier molecular flexibility index (Phi) is 1.78. The molecule has 0 aromatic heterocycles. The number of carbonyl (C=O) groups is 1. The van der Waals surface area contributed by atoms with Gasteiger partial charge in [0.1, 0.15) is 0 Å². The first-order valence-electron chi connectivity index (χ1n) is 6.79. The lowest BCUT2D eigenvalue weighted by molar-refractivity contribution is -0.135. The molecule has 4 aliphatic rings. The van der Waals surface area contributed by atoms with Crippen LogP contribution in [0.4, 0.5) is 0 Å². The first kappa shape index (κ1) is 9.46. The molecule has 16 heavy (non-hydrogen) atoms. The number of piperidine rings is 1. The molecular formula is C13H20N2O. The summed E-state index contributed by atoms with van der Waals surface area (Å²) in [4.78, 5) is 14.5. The van der Waals surface area contributed by atoms with Crippen molar-refractivity contribution >= 4 is 5.91 Å². The third kappa shape index (κ3) is 1.21. The third-order valence-electron chi connectivity index (χ3n) is 5.38. The van der Waals surface area contributed by atoms with Crippen LogP contribution in [0.2, 0.25) is 0 Å². The molecule has 1 amide bonds. The molecular weight excluding hydrogens is 200 g/mol. The summed E-state index contributed by atoms with van der Waals surface area (Å²) < 4.78 is 0. The van der Waals surface area contributed by atoms with Gasteiger partial charge in [0.25, 0.3) is 0 Å². The molecule has 2 saturated heterocycles. The van der Waals surface area contributed by atoms with Crippen LogP contribution in [-0.2, 0) is 4.79 Å². The number of rotatable bonds is 1. The molecule has 0 aromatic carbocycles. The lowest BCUT2D eigenvalue weighted by atomic mass is 9.79. The van der Waals surface area contributed by atoms with Gasteiger partial charge >= 0.3 is 0 Å². The maximum atomic E-state index is 12.4. The molecule has 1 spiro atoms. The number of nitrogens with zero attached hydrogens (tertiary/aromatic N) is 1. The Hall–Kier alpha value is -0.570. The van der Waals surface area contributed by atoms with Crippen LogP contribution in [0.25, 0.3) is 0 Å². The highest BCUT2D eigenvalue weighted by Gasteiger charge is 2.62. The van der Waals surface area contributed by atoms with E-state index in [1.807, 2.05) is 0 Å². The van der Waals surface area contributed by atoms with Gasteiger partial charge in [0.2, 0.25) is 5.91 Å². The molecule has 4 rings (SSSR count). The minimum absolute atomic E-state index is 0.416. The van der Waals surface area contributed by atoms with Crippen molar-refractivity contribution in [3.05, 3.63) is 0 Å². The zero-order valence-corrected chi connectivity index (χ0v) is 9.74. The van der Waals surface area contributed by atoms with Crippen LogP contribution in [0.1, 0.15) is 32.1 Å². The first-order valence-corrected chi connectivity index (χ1v) is 6.79. The van der Waals surface area contributed by atoms with E-state index in [1.165, 1.54) is 32.1 Å². The van der Waals surface area contributed by atoms with Gasteiger partial charge in [-0.15, -0.1) is 0 Å². The Labute approximate surface area is 96.6 Å². The van der Waals surface area contributed by atoms with Crippen molar-refractivity contribution in [2.45, 2.75) is 38.1 Å². The van der Waals surface area contributed by atoms with Crippen molar-refractivity contribution in [3.8, 4) is 0 Å². The Morgan fingerprint density at radius 1 is 1.31 bits per heavy atom. The SMILES string of the molecule is O=C(C1CC12CCC2)N1C[C@@H]2CN[C@@H](C2)C1. The average molecular weight is 220 g/mol. The Morgan fingerprint density at radius 3 is 2.81 bits per heavy atom. The monoisotopic (exact) mass is 220 g/mol. The lowest BCUT2D eigenvalue weighted by Crippen LogP contribution is -2.46. The van der Waals surface area contributed by atoms with Gasteiger partial charge in [-0.25, -0.2) is 0 Å². The van der Waals surface area contributed by atoms with Crippen LogP contribution in [-0.4, -0.2) is 36.5 Å². The number of nitrogens with one attached hydrogen (secondary N) is 1. The molecule has 3 nitrogen and oxygen atoms in total. The highest BCUT2D eigenvalue weighted by Crippen LogP contribution is 2.66.